The molecule has 0 unspecified atom stereocenters. The molecule has 0 aromatic carbocycles. The predicted molar refractivity (Wildman–Crippen MR) is 68.2 cm³/mol. The van der Waals surface area contributed by atoms with Gasteiger partial charge in [-0.05, 0) is 37.3 Å². The van der Waals surface area contributed by atoms with Crippen LogP contribution in [0, 0.1) is 17.2 Å². The Morgan fingerprint density at radius 1 is 1.52 bits per heavy atom. The van der Waals surface area contributed by atoms with Crippen molar-refractivity contribution in [1.29, 1.82) is 5.26 Å². The number of aliphatic carboxylic acids is 1. The Labute approximate surface area is 119 Å². The van der Waals surface area contributed by atoms with E-state index in [2.05, 4.69) is 6.07 Å². The van der Waals surface area contributed by atoms with Crippen LogP contribution < -0.4 is 5.73 Å². The van der Waals surface area contributed by atoms with E-state index in [9.17, 15) is 13.2 Å². The molecule has 1 aliphatic carbocycles. The van der Waals surface area contributed by atoms with Gasteiger partial charge in [-0.1, -0.05) is 0 Å². The number of alkyl halides is 3. The van der Waals surface area contributed by atoms with Crippen LogP contribution in [0.2, 0.25) is 0 Å². The highest BCUT2D eigenvalue weighted by Gasteiger charge is 2.38. The van der Waals surface area contributed by atoms with E-state index in [-0.39, 0.29) is 0 Å². The second-order valence-corrected chi connectivity index (χ2v) is 4.90. The SMILES string of the molecule is N#Cc1cccn1C[C@H]1CC[C@@H](N)C1.O=C(O)C(F)(F)F. The summed E-state index contributed by atoms with van der Waals surface area (Å²) in [6.07, 6.45) is 0.323. The first-order valence-corrected chi connectivity index (χ1v) is 6.35. The highest BCUT2D eigenvalue weighted by atomic mass is 19.4. The molecule has 1 aromatic rings. The summed E-state index contributed by atoms with van der Waals surface area (Å²) >= 11 is 0. The van der Waals surface area contributed by atoms with Crippen molar-refractivity contribution in [2.45, 2.75) is 38.0 Å². The molecule has 0 radical (unpaired) electrons. The minimum Gasteiger partial charge on any atom is -0.475 e. The molecule has 2 atom stereocenters. The first-order valence-electron chi connectivity index (χ1n) is 6.35. The number of carboxylic acid groups (broad SMARTS) is 1. The maximum absolute atomic E-state index is 10.6. The van der Waals surface area contributed by atoms with Gasteiger partial charge in [-0.3, -0.25) is 0 Å². The number of rotatable bonds is 2. The van der Waals surface area contributed by atoms with Crippen LogP contribution in [-0.2, 0) is 11.3 Å². The molecule has 0 spiro atoms. The van der Waals surface area contributed by atoms with Crippen molar-refractivity contribution in [2.24, 2.45) is 11.7 Å². The smallest absolute Gasteiger partial charge is 0.475 e. The molecule has 3 N–H and O–H groups in total. The normalized spacial score (nSPS) is 21.3. The van der Waals surface area contributed by atoms with Crippen molar-refractivity contribution in [3.05, 3.63) is 24.0 Å². The summed E-state index contributed by atoms with van der Waals surface area (Å²) in [6.45, 7) is 0.948. The fraction of sp³-hybridized carbons (Fsp3) is 0.538. The first kappa shape index (κ1) is 17.0. The topological polar surface area (TPSA) is 92.0 Å². The molecule has 8 heteroatoms. The van der Waals surface area contributed by atoms with E-state index in [1.54, 1.807) is 0 Å². The lowest BCUT2D eigenvalue weighted by atomic mass is 10.1. The highest BCUT2D eigenvalue weighted by molar-refractivity contribution is 5.73. The third-order valence-corrected chi connectivity index (χ3v) is 3.22. The number of nitrogens with zero attached hydrogens (tertiary/aromatic N) is 2. The van der Waals surface area contributed by atoms with Crippen LogP contribution in [-0.4, -0.2) is 27.9 Å². The van der Waals surface area contributed by atoms with E-state index in [0.717, 1.165) is 25.1 Å². The summed E-state index contributed by atoms with van der Waals surface area (Å²) in [6, 6.07) is 6.35. The molecule has 1 saturated carbocycles. The second-order valence-electron chi connectivity index (χ2n) is 4.90. The van der Waals surface area contributed by atoms with E-state index < -0.39 is 12.1 Å². The predicted octanol–water partition coefficient (Wildman–Crippen LogP) is 2.12. The van der Waals surface area contributed by atoms with Crippen LogP contribution in [0.5, 0.6) is 0 Å². The van der Waals surface area contributed by atoms with Crippen molar-refractivity contribution in [2.75, 3.05) is 0 Å². The standard InChI is InChI=1S/C11H15N3.C2HF3O2/c12-7-11-2-1-5-14(11)8-9-3-4-10(13)6-9;3-2(4,5)1(6)7/h1-2,5,9-10H,3-4,6,8,13H2;(H,6,7)/t9-,10+;/m0./s1. The summed E-state index contributed by atoms with van der Waals surface area (Å²) in [5.41, 5.74) is 6.61. The molecule has 0 aliphatic heterocycles. The molecular weight excluding hydrogens is 287 g/mol. The average molecular weight is 303 g/mol. The lowest BCUT2D eigenvalue weighted by Gasteiger charge is -2.11. The summed E-state index contributed by atoms with van der Waals surface area (Å²) < 4.78 is 33.8. The number of nitrogens with two attached hydrogens (primary N) is 1. The lowest BCUT2D eigenvalue weighted by molar-refractivity contribution is -0.192. The van der Waals surface area contributed by atoms with Gasteiger partial charge in [-0.25, -0.2) is 4.79 Å². The number of aromatic nitrogens is 1. The fourth-order valence-electron chi connectivity index (χ4n) is 2.23. The van der Waals surface area contributed by atoms with Gasteiger partial charge >= 0.3 is 12.1 Å². The molecule has 1 fully saturated rings. The molecule has 1 aliphatic rings. The van der Waals surface area contributed by atoms with Crippen molar-refractivity contribution in [1.82, 2.24) is 4.57 Å². The van der Waals surface area contributed by atoms with Crippen molar-refractivity contribution >= 4 is 5.97 Å². The number of nitriles is 1. The summed E-state index contributed by atoms with van der Waals surface area (Å²) in [5, 5.41) is 16.0. The maximum atomic E-state index is 10.6. The highest BCUT2D eigenvalue weighted by Crippen LogP contribution is 2.26. The van der Waals surface area contributed by atoms with Crippen LogP contribution in [0.1, 0.15) is 25.0 Å². The van der Waals surface area contributed by atoms with Crippen molar-refractivity contribution < 1.29 is 23.1 Å². The second kappa shape index (κ2) is 7.13. The lowest BCUT2D eigenvalue weighted by Crippen LogP contribution is -2.21. The number of carboxylic acids is 1. The van der Waals surface area contributed by atoms with E-state index >= 15 is 0 Å². The van der Waals surface area contributed by atoms with E-state index in [1.165, 1.54) is 6.42 Å². The largest absolute Gasteiger partial charge is 0.490 e. The van der Waals surface area contributed by atoms with Crippen LogP contribution in [0.15, 0.2) is 18.3 Å². The molecule has 0 saturated heterocycles. The minimum atomic E-state index is -5.08. The molecule has 1 heterocycles. The maximum Gasteiger partial charge on any atom is 0.490 e. The van der Waals surface area contributed by atoms with Crippen LogP contribution in [0.25, 0.3) is 0 Å². The van der Waals surface area contributed by atoms with E-state index in [1.807, 2.05) is 22.9 Å². The molecule has 116 valence electrons. The monoisotopic (exact) mass is 303 g/mol. The van der Waals surface area contributed by atoms with Crippen LogP contribution in [0.3, 0.4) is 0 Å². The molecule has 0 amide bonds. The Morgan fingerprint density at radius 2 is 2.14 bits per heavy atom. The molecular formula is C13H16F3N3O2. The third kappa shape index (κ3) is 5.47. The van der Waals surface area contributed by atoms with Gasteiger partial charge < -0.3 is 15.4 Å². The van der Waals surface area contributed by atoms with Gasteiger partial charge in [-0.15, -0.1) is 0 Å². The Morgan fingerprint density at radius 3 is 2.57 bits per heavy atom. The quantitative estimate of drug-likeness (QED) is 0.875. The fourth-order valence-corrected chi connectivity index (χ4v) is 2.23. The van der Waals surface area contributed by atoms with Crippen LogP contribution in [0.4, 0.5) is 13.2 Å². The van der Waals surface area contributed by atoms with Crippen molar-refractivity contribution in [3.63, 3.8) is 0 Å². The zero-order chi connectivity index (χ0) is 16.0. The summed E-state index contributed by atoms with van der Waals surface area (Å²) in [7, 11) is 0. The van der Waals surface area contributed by atoms with E-state index in [4.69, 9.17) is 20.9 Å². The van der Waals surface area contributed by atoms with Crippen molar-refractivity contribution in [3.8, 4) is 6.07 Å². The van der Waals surface area contributed by atoms with Gasteiger partial charge in [0.1, 0.15) is 11.8 Å². The zero-order valence-electron chi connectivity index (χ0n) is 11.2. The first-order chi connectivity index (χ1) is 9.74. The number of carbonyl (C=O) groups is 1. The van der Waals surface area contributed by atoms with E-state index in [0.29, 0.717) is 12.0 Å². The Balaban J connectivity index is 0.000000270. The Bertz CT molecular complexity index is 519. The van der Waals surface area contributed by atoms with Gasteiger partial charge in [0.05, 0.1) is 0 Å². The third-order valence-electron chi connectivity index (χ3n) is 3.22. The number of hydrogen-bond acceptors (Lipinski definition) is 3. The molecule has 21 heavy (non-hydrogen) atoms. The molecule has 2 rings (SSSR count). The minimum absolute atomic E-state index is 0.376. The molecule has 5 nitrogen and oxygen atoms in total. The van der Waals surface area contributed by atoms with Gasteiger partial charge in [0, 0.05) is 18.8 Å². The molecule has 1 aromatic heterocycles. The Kier molecular flexibility index (Phi) is 5.79. The summed E-state index contributed by atoms with van der Waals surface area (Å²) in [4.78, 5) is 8.90. The van der Waals surface area contributed by atoms with Gasteiger partial charge in [-0.2, -0.15) is 18.4 Å². The number of hydrogen-bond donors (Lipinski definition) is 2. The number of halogens is 3. The zero-order valence-corrected chi connectivity index (χ0v) is 11.2. The Hall–Kier alpha value is -2.01. The summed E-state index contributed by atoms with van der Waals surface area (Å²) in [5.74, 6) is -2.10. The van der Waals surface area contributed by atoms with Gasteiger partial charge in [0.25, 0.3) is 0 Å². The molecule has 0 bridgehead atoms. The average Bonchev–Trinajstić information content (AvgIpc) is 2.98. The van der Waals surface area contributed by atoms with Gasteiger partial charge in [0.15, 0.2) is 0 Å². The van der Waals surface area contributed by atoms with Crippen LogP contribution >= 0.6 is 0 Å². The van der Waals surface area contributed by atoms with Gasteiger partial charge in [0.2, 0.25) is 0 Å².